The van der Waals surface area contributed by atoms with Crippen molar-refractivity contribution in [3.05, 3.63) is 6.20 Å². The molecule has 0 aliphatic carbocycles. The van der Waals surface area contributed by atoms with Gasteiger partial charge in [0.25, 0.3) is 0 Å². The highest BCUT2D eigenvalue weighted by atomic mass is 16.3. The molecule has 0 fully saturated rings. The van der Waals surface area contributed by atoms with E-state index in [2.05, 4.69) is 25.5 Å². The van der Waals surface area contributed by atoms with Crippen LogP contribution in [0.15, 0.2) is 6.20 Å². The van der Waals surface area contributed by atoms with E-state index in [9.17, 15) is 5.11 Å². The SMILES string of the molecule is CCNc1nc(N(C)C(C)(C)CO)c2cn[nH]c2n1. The lowest BCUT2D eigenvalue weighted by molar-refractivity contribution is 0.216. The second-order valence-electron chi connectivity index (χ2n) is 5.06. The zero-order chi connectivity index (χ0) is 14.0. The molecule has 2 aromatic heterocycles. The van der Waals surface area contributed by atoms with E-state index in [0.29, 0.717) is 11.6 Å². The molecule has 0 aromatic carbocycles. The second-order valence-corrected chi connectivity index (χ2v) is 5.06. The van der Waals surface area contributed by atoms with Gasteiger partial charge in [-0.3, -0.25) is 5.10 Å². The summed E-state index contributed by atoms with van der Waals surface area (Å²) in [5.74, 6) is 1.29. The van der Waals surface area contributed by atoms with Crippen LogP contribution in [0, 0.1) is 0 Å². The highest BCUT2D eigenvalue weighted by Gasteiger charge is 2.26. The maximum absolute atomic E-state index is 9.50. The zero-order valence-electron chi connectivity index (χ0n) is 11.7. The molecule has 0 saturated heterocycles. The monoisotopic (exact) mass is 264 g/mol. The number of aromatic amines is 1. The minimum absolute atomic E-state index is 0.0311. The molecule has 0 atom stereocenters. The van der Waals surface area contributed by atoms with E-state index >= 15 is 0 Å². The van der Waals surface area contributed by atoms with Crippen LogP contribution < -0.4 is 10.2 Å². The molecule has 2 heterocycles. The van der Waals surface area contributed by atoms with E-state index in [1.807, 2.05) is 32.7 Å². The molecule has 104 valence electrons. The Labute approximate surface area is 112 Å². The van der Waals surface area contributed by atoms with Crippen molar-refractivity contribution >= 4 is 22.8 Å². The third kappa shape index (κ3) is 2.46. The number of aliphatic hydroxyl groups is 1. The summed E-state index contributed by atoms with van der Waals surface area (Å²) in [5, 5.41) is 20.3. The smallest absolute Gasteiger partial charge is 0.226 e. The first-order valence-electron chi connectivity index (χ1n) is 6.29. The van der Waals surface area contributed by atoms with Gasteiger partial charge < -0.3 is 15.3 Å². The number of likely N-dealkylation sites (N-methyl/N-ethyl adjacent to an activating group) is 1. The van der Waals surface area contributed by atoms with Gasteiger partial charge in [0.15, 0.2) is 5.65 Å². The lowest BCUT2D eigenvalue weighted by atomic mass is 10.1. The summed E-state index contributed by atoms with van der Waals surface area (Å²) in [5.41, 5.74) is 0.267. The van der Waals surface area contributed by atoms with Gasteiger partial charge in [0.05, 0.1) is 23.7 Å². The number of nitrogens with one attached hydrogen (secondary N) is 2. The van der Waals surface area contributed by atoms with Crippen LogP contribution in [0.4, 0.5) is 11.8 Å². The molecule has 7 heteroatoms. The highest BCUT2D eigenvalue weighted by molar-refractivity contribution is 5.87. The second kappa shape index (κ2) is 5.00. The fourth-order valence-corrected chi connectivity index (χ4v) is 1.71. The molecule has 2 aromatic rings. The Morgan fingerprint density at radius 1 is 1.42 bits per heavy atom. The summed E-state index contributed by atoms with van der Waals surface area (Å²) in [4.78, 5) is 10.8. The largest absolute Gasteiger partial charge is 0.394 e. The minimum atomic E-state index is -0.415. The standard InChI is InChI=1S/C12H20N6O/c1-5-13-11-15-9-8(6-14-17-9)10(16-11)18(4)12(2,3)7-19/h6,19H,5,7H2,1-4H3,(H2,13,14,15,16,17). The van der Waals surface area contributed by atoms with Gasteiger partial charge in [0.2, 0.25) is 5.95 Å². The van der Waals surface area contributed by atoms with Crippen LogP contribution >= 0.6 is 0 Å². The van der Waals surface area contributed by atoms with Gasteiger partial charge in [-0.05, 0) is 20.8 Å². The first kappa shape index (κ1) is 13.5. The van der Waals surface area contributed by atoms with Crippen LogP contribution in [-0.2, 0) is 0 Å². The lowest BCUT2D eigenvalue weighted by Gasteiger charge is -2.35. The van der Waals surface area contributed by atoms with Crippen LogP contribution in [-0.4, -0.2) is 51.0 Å². The molecule has 0 aliphatic heterocycles. The number of hydrogen-bond donors (Lipinski definition) is 3. The molecule has 2 rings (SSSR count). The Kier molecular flexibility index (Phi) is 3.57. The summed E-state index contributed by atoms with van der Waals surface area (Å²) in [7, 11) is 1.90. The average Bonchev–Trinajstić information content (AvgIpc) is 2.85. The van der Waals surface area contributed by atoms with Crippen LogP contribution in [0.2, 0.25) is 0 Å². The van der Waals surface area contributed by atoms with Crippen molar-refractivity contribution in [2.75, 3.05) is 30.4 Å². The van der Waals surface area contributed by atoms with E-state index in [1.54, 1.807) is 6.20 Å². The molecule has 0 bridgehead atoms. The zero-order valence-corrected chi connectivity index (χ0v) is 11.7. The molecule has 7 nitrogen and oxygen atoms in total. The first-order chi connectivity index (χ1) is 8.99. The third-order valence-electron chi connectivity index (χ3n) is 3.24. The van der Waals surface area contributed by atoms with Crippen LogP contribution in [0.5, 0.6) is 0 Å². The summed E-state index contributed by atoms with van der Waals surface area (Å²) in [6.07, 6.45) is 1.70. The van der Waals surface area contributed by atoms with E-state index < -0.39 is 5.54 Å². The molecule has 0 aliphatic rings. The van der Waals surface area contributed by atoms with Crippen molar-refractivity contribution in [1.29, 1.82) is 0 Å². The van der Waals surface area contributed by atoms with Crippen molar-refractivity contribution in [3.8, 4) is 0 Å². The predicted octanol–water partition coefficient (Wildman–Crippen LogP) is 0.992. The fourth-order valence-electron chi connectivity index (χ4n) is 1.71. The summed E-state index contributed by atoms with van der Waals surface area (Å²) in [6.45, 7) is 6.67. The third-order valence-corrected chi connectivity index (χ3v) is 3.24. The normalized spacial score (nSPS) is 11.8. The van der Waals surface area contributed by atoms with E-state index in [1.165, 1.54) is 0 Å². The van der Waals surface area contributed by atoms with E-state index in [-0.39, 0.29) is 6.61 Å². The summed E-state index contributed by atoms with van der Waals surface area (Å²) < 4.78 is 0. The topological polar surface area (TPSA) is 90.0 Å². The Morgan fingerprint density at radius 2 is 2.16 bits per heavy atom. The van der Waals surface area contributed by atoms with Gasteiger partial charge in [-0.1, -0.05) is 0 Å². The van der Waals surface area contributed by atoms with Gasteiger partial charge in [-0.2, -0.15) is 15.1 Å². The maximum Gasteiger partial charge on any atom is 0.226 e. The van der Waals surface area contributed by atoms with Gasteiger partial charge in [0.1, 0.15) is 5.82 Å². The Bertz CT molecular complexity index is 564. The summed E-state index contributed by atoms with van der Waals surface area (Å²) in [6, 6.07) is 0. The number of aromatic nitrogens is 4. The lowest BCUT2D eigenvalue weighted by Crippen LogP contribution is -2.45. The number of hydrogen-bond acceptors (Lipinski definition) is 6. The fraction of sp³-hybridized carbons (Fsp3) is 0.583. The van der Waals surface area contributed by atoms with Crippen molar-refractivity contribution in [2.45, 2.75) is 26.3 Å². The molecular weight excluding hydrogens is 244 g/mol. The van der Waals surface area contributed by atoms with Crippen molar-refractivity contribution in [3.63, 3.8) is 0 Å². The number of H-pyrrole nitrogens is 1. The van der Waals surface area contributed by atoms with Crippen LogP contribution in [0.3, 0.4) is 0 Å². The Hall–Kier alpha value is -1.89. The highest BCUT2D eigenvalue weighted by Crippen LogP contribution is 2.27. The molecule has 0 unspecified atom stereocenters. The van der Waals surface area contributed by atoms with Gasteiger partial charge in [-0.25, -0.2) is 0 Å². The maximum atomic E-state index is 9.50. The number of aliphatic hydroxyl groups excluding tert-OH is 1. The van der Waals surface area contributed by atoms with Crippen molar-refractivity contribution in [2.24, 2.45) is 0 Å². The molecular formula is C12H20N6O. The molecule has 3 N–H and O–H groups in total. The number of rotatable bonds is 5. The van der Waals surface area contributed by atoms with Crippen molar-refractivity contribution in [1.82, 2.24) is 20.2 Å². The van der Waals surface area contributed by atoms with Crippen LogP contribution in [0.25, 0.3) is 11.0 Å². The molecule has 0 amide bonds. The number of nitrogens with zero attached hydrogens (tertiary/aromatic N) is 4. The van der Waals surface area contributed by atoms with E-state index in [0.717, 1.165) is 17.7 Å². The molecule has 0 radical (unpaired) electrons. The summed E-state index contributed by atoms with van der Waals surface area (Å²) >= 11 is 0. The van der Waals surface area contributed by atoms with Gasteiger partial charge in [-0.15, -0.1) is 0 Å². The van der Waals surface area contributed by atoms with Gasteiger partial charge >= 0.3 is 0 Å². The van der Waals surface area contributed by atoms with Crippen molar-refractivity contribution < 1.29 is 5.11 Å². The number of anilines is 2. The van der Waals surface area contributed by atoms with Crippen LogP contribution in [0.1, 0.15) is 20.8 Å². The molecule has 0 saturated carbocycles. The van der Waals surface area contributed by atoms with Gasteiger partial charge in [0, 0.05) is 13.6 Å². The Morgan fingerprint density at radius 3 is 2.79 bits per heavy atom. The average molecular weight is 264 g/mol. The van der Waals surface area contributed by atoms with E-state index in [4.69, 9.17) is 0 Å². The first-order valence-corrected chi connectivity index (χ1v) is 6.29. The Balaban J connectivity index is 2.54. The predicted molar refractivity (Wildman–Crippen MR) is 75.4 cm³/mol. The molecule has 19 heavy (non-hydrogen) atoms. The quantitative estimate of drug-likeness (QED) is 0.746. The number of fused-ring (bicyclic) bond motifs is 1. The minimum Gasteiger partial charge on any atom is -0.394 e. The molecule has 0 spiro atoms.